The number of hydrogen-bond donors (Lipinski definition) is 1. The first-order chi connectivity index (χ1) is 7.54. The van der Waals surface area contributed by atoms with E-state index in [9.17, 15) is 9.59 Å². The van der Waals surface area contributed by atoms with Crippen LogP contribution in [0, 0.1) is 5.92 Å². The number of carboxylic acid groups (broad SMARTS) is 1. The first-order valence-electron chi connectivity index (χ1n) is 6.06. The summed E-state index contributed by atoms with van der Waals surface area (Å²) in [4.78, 5) is 24.3. The van der Waals surface area contributed by atoms with Crippen molar-refractivity contribution in [1.82, 2.24) is 4.90 Å². The number of unbranched alkanes of at least 4 members (excludes halogenated alkanes) is 2. The van der Waals surface area contributed by atoms with Gasteiger partial charge in [-0.25, -0.2) is 0 Å². The molecule has 0 heterocycles. The SMILES string of the molecule is CCCCN(CCCC)C(=O)C(C)C(=O)O. The summed E-state index contributed by atoms with van der Waals surface area (Å²) in [5, 5.41) is 8.80. The van der Waals surface area contributed by atoms with Gasteiger partial charge >= 0.3 is 5.97 Å². The maximum Gasteiger partial charge on any atom is 0.315 e. The highest BCUT2D eigenvalue weighted by molar-refractivity contribution is 5.96. The van der Waals surface area contributed by atoms with Crippen LogP contribution in [0.2, 0.25) is 0 Å². The topological polar surface area (TPSA) is 57.6 Å². The average molecular weight is 229 g/mol. The molecule has 4 nitrogen and oxygen atoms in total. The summed E-state index contributed by atoms with van der Waals surface area (Å²) in [6.07, 6.45) is 3.89. The van der Waals surface area contributed by atoms with Gasteiger partial charge in [-0.15, -0.1) is 0 Å². The predicted molar refractivity (Wildman–Crippen MR) is 63.2 cm³/mol. The van der Waals surface area contributed by atoms with Crippen LogP contribution < -0.4 is 0 Å². The molecule has 0 fully saturated rings. The van der Waals surface area contributed by atoms with Gasteiger partial charge in [0.1, 0.15) is 5.92 Å². The third-order valence-corrected chi connectivity index (χ3v) is 2.62. The van der Waals surface area contributed by atoms with Gasteiger partial charge in [-0.05, 0) is 19.8 Å². The Labute approximate surface area is 97.6 Å². The molecule has 0 radical (unpaired) electrons. The van der Waals surface area contributed by atoms with Gasteiger partial charge in [-0.1, -0.05) is 26.7 Å². The number of aliphatic carboxylic acids is 1. The van der Waals surface area contributed by atoms with Crippen molar-refractivity contribution in [3.63, 3.8) is 0 Å². The fourth-order valence-electron chi connectivity index (χ4n) is 1.41. The van der Waals surface area contributed by atoms with E-state index < -0.39 is 11.9 Å². The molecule has 0 saturated heterocycles. The molecule has 0 bridgehead atoms. The van der Waals surface area contributed by atoms with Crippen LogP contribution in [0.5, 0.6) is 0 Å². The first-order valence-corrected chi connectivity index (χ1v) is 6.06. The molecule has 0 aliphatic carbocycles. The Morgan fingerprint density at radius 3 is 1.88 bits per heavy atom. The van der Waals surface area contributed by atoms with Crippen LogP contribution in [0.15, 0.2) is 0 Å². The number of carbonyl (C=O) groups is 2. The van der Waals surface area contributed by atoms with Gasteiger partial charge in [0, 0.05) is 13.1 Å². The lowest BCUT2D eigenvalue weighted by Crippen LogP contribution is -2.39. The predicted octanol–water partition coefficient (Wildman–Crippen LogP) is 2.14. The third kappa shape index (κ3) is 5.14. The minimum Gasteiger partial charge on any atom is -0.481 e. The van der Waals surface area contributed by atoms with Crippen molar-refractivity contribution in [3.05, 3.63) is 0 Å². The van der Waals surface area contributed by atoms with E-state index in [-0.39, 0.29) is 5.91 Å². The molecule has 1 N–H and O–H groups in total. The van der Waals surface area contributed by atoms with E-state index in [1.54, 1.807) is 4.90 Å². The summed E-state index contributed by atoms with van der Waals surface area (Å²) in [6.45, 7) is 6.92. The van der Waals surface area contributed by atoms with Crippen molar-refractivity contribution in [2.45, 2.75) is 46.5 Å². The Kier molecular flexibility index (Phi) is 7.60. The summed E-state index contributed by atoms with van der Waals surface area (Å²) in [5.41, 5.74) is 0. The summed E-state index contributed by atoms with van der Waals surface area (Å²) >= 11 is 0. The first kappa shape index (κ1) is 14.9. The Morgan fingerprint density at radius 1 is 1.12 bits per heavy atom. The largest absolute Gasteiger partial charge is 0.481 e. The van der Waals surface area contributed by atoms with Crippen LogP contribution in [0.1, 0.15) is 46.5 Å². The fourth-order valence-corrected chi connectivity index (χ4v) is 1.41. The normalized spacial score (nSPS) is 12.2. The molecule has 0 aromatic rings. The lowest BCUT2D eigenvalue weighted by molar-refractivity contribution is -0.150. The molecule has 0 saturated carbocycles. The molecule has 0 aliphatic rings. The standard InChI is InChI=1S/C12H23NO3/c1-4-6-8-13(9-7-5-2)11(14)10(3)12(15)16/h10H,4-9H2,1-3H3,(H,15,16). The van der Waals surface area contributed by atoms with Crippen molar-refractivity contribution in [3.8, 4) is 0 Å². The van der Waals surface area contributed by atoms with Crippen LogP contribution in [0.4, 0.5) is 0 Å². The lowest BCUT2D eigenvalue weighted by atomic mass is 10.1. The number of carbonyl (C=O) groups excluding carboxylic acids is 1. The van der Waals surface area contributed by atoms with Crippen molar-refractivity contribution in [1.29, 1.82) is 0 Å². The van der Waals surface area contributed by atoms with Crippen molar-refractivity contribution < 1.29 is 14.7 Å². The van der Waals surface area contributed by atoms with Crippen molar-refractivity contribution >= 4 is 11.9 Å². The minimum atomic E-state index is -1.04. The lowest BCUT2D eigenvalue weighted by Gasteiger charge is -2.24. The zero-order chi connectivity index (χ0) is 12.6. The molecule has 0 rings (SSSR count). The second kappa shape index (κ2) is 8.13. The van der Waals surface area contributed by atoms with Gasteiger partial charge in [0.2, 0.25) is 5.91 Å². The summed E-state index contributed by atoms with van der Waals surface area (Å²) < 4.78 is 0. The Balaban J connectivity index is 4.35. The van der Waals surface area contributed by atoms with Gasteiger partial charge < -0.3 is 10.0 Å². The monoisotopic (exact) mass is 229 g/mol. The maximum atomic E-state index is 11.8. The quantitative estimate of drug-likeness (QED) is 0.649. The van der Waals surface area contributed by atoms with Gasteiger partial charge in [-0.2, -0.15) is 0 Å². The number of rotatable bonds is 8. The van der Waals surface area contributed by atoms with E-state index in [4.69, 9.17) is 5.11 Å². The molecule has 0 aromatic heterocycles. The van der Waals surface area contributed by atoms with E-state index in [0.29, 0.717) is 13.1 Å². The number of carboxylic acids is 1. The highest BCUT2D eigenvalue weighted by atomic mass is 16.4. The van der Waals surface area contributed by atoms with Gasteiger partial charge in [0.05, 0.1) is 0 Å². The molecule has 0 aromatic carbocycles. The highest BCUT2D eigenvalue weighted by Gasteiger charge is 2.25. The third-order valence-electron chi connectivity index (χ3n) is 2.62. The van der Waals surface area contributed by atoms with E-state index in [0.717, 1.165) is 25.7 Å². The second-order valence-electron chi connectivity index (χ2n) is 4.09. The Morgan fingerprint density at radius 2 is 1.56 bits per heavy atom. The number of amides is 1. The Hall–Kier alpha value is -1.06. The summed E-state index contributed by atoms with van der Waals surface area (Å²) in [7, 11) is 0. The molecular formula is C12H23NO3. The van der Waals surface area contributed by atoms with Crippen LogP contribution >= 0.6 is 0 Å². The van der Waals surface area contributed by atoms with Crippen molar-refractivity contribution in [2.75, 3.05) is 13.1 Å². The van der Waals surface area contributed by atoms with E-state index in [1.807, 2.05) is 0 Å². The van der Waals surface area contributed by atoms with Gasteiger partial charge in [0.15, 0.2) is 0 Å². The van der Waals surface area contributed by atoms with Gasteiger partial charge in [-0.3, -0.25) is 9.59 Å². The molecule has 1 atom stereocenters. The van der Waals surface area contributed by atoms with E-state index >= 15 is 0 Å². The molecular weight excluding hydrogens is 206 g/mol. The van der Waals surface area contributed by atoms with Crippen molar-refractivity contribution in [2.24, 2.45) is 5.92 Å². The smallest absolute Gasteiger partial charge is 0.315 e. The molecule has 16 heavy (non-hydrogen) atoms. The molecule has 0 spiro atoms. The zero-order valence-corrected chi connectivity index (χ0v) is 10.5. The van der Waals surface area contributed by atoms with E-state index in [1.165, 1.54) is 6.92 Å². The average Bonchev–Trinajstić information content (AvgIpc) is 2.27. The summed E-state index contributed by atoms with van der Waals surface area (Å²) in [6, 6.07) is 0. The van der Waals surface area contributed by atoms with Crippen LogP contribution in [0.25, 0.3) is 0 Å². The van der Waals surface area contributed by atoms with Crippen LogP contribution in [-0.2, 0) is 9.59 Å². The number of hydrogen-bond acceptors (Lipinski definition) is 2. The molecule has 0 aliphatic heterocycles. The minimum absolute atomic E-state index is 0.255. The fraction of sp³-hybridized carbons (Fsp3) is 0.833. The maximum absolute atomic E-state index is 11.8. The zero-order valence-electron chi connectivity index (χ0n) is 10.5. The van der Waals surface area contributed by atoms with Crippen LogP contribution in [-0.4, -0.2) is 35.0 Å². The van der Waals surface area contributed by atoms with Gasteiger partial charge in [0.25, 0.3) is 0 Å². The Bertz CT molecular complexity index is 220. The molecule has 1 amide bonds. The van der Waals surface area contributed by atoms with E-state index in [2.05, 4.69) is 13.8 Å². The highest BCUT2D eigenvalue weighted by Crippen LogP contribution is 2.06. The molecule has 94 valence electrons. The second-order valence-corrected chi connectivity index (χ2v) is 4.09. The summed E-state index contributed by atoms with van der Waals surface area (Å²) in [5.74, 6) is -2.22. The number of nitrogens with zero attached hydrogens (tertiary/aromatic N) is 1. The molecule has 4 heteroatoms. The molecule has 1 unspecified atom stereocenters. The van der Waals surface area contributed by atoms with Crippen LogP contribution in [0.3, 0.4) is 0 Å².